The number of nitro groups is 1. The number of hydrogen-bond donors (Lipinski definition) is 1. The third-order valence-electron chi connectivity index (χ3n) is 2.96. The van der Waals surface area contributed by atoms with Crippen LogP contribution in [0.2, 0.25) is 0 Å². The zero-order chi connectivity index (χ0) is 15.1. The van der Waals surface area contributed by atoms with Gasteiger partial charge in [0.2, 0.25) is 5.78 Å². The normalized spacial score (nSPS) is 14.2. The van der Waals surface area contributed by atoms with E-state index in [1.165, 1.54) is 19.3 Å². The van der Waals surface area contributed by atoms with Crippen molar-refractivity contribution in [1.82, 2.24) is 5.32 Å². The minimum absolute atomic E-state index is 0.245. The molecule has 1 saturated heterocycles. The van der Waals surface area contributed by atoms with Crippen molar-refractivity contribution in [2.75, 3.05) is 32.8 Å². The quantitative estimate of drug-likeness (QED) is 0.399. The van der Waals surface area contributed by atoms with Gasteiger partial charge in [0.25, 0.3) is 6.54 Å². The van der Waals surface area contributed by atoms with Crippen LogP contribution in [-0.2, 0) is 9.53 Å². The standard InChI is InChI=1S/C10H19NO3.C4H9NO/c1-2-3-4-5-6-7-8-10(12)9-11(13)14;1-3-6-4-2-5-1/h2-9H2,1H3;5H,1-4H2. The van der Waals surface area contributed by atoms with Gasteiger partial charge in [0.1, 0.15) is 0 Å². The maximum atomic E-state index is 10.9. The smallest absolute Gasteiger partial charge is 0.261 e. The van der Waals surface area contributed by atoms with Crippen molar-refractivity contribution in [2.45, 2.75) is 51.9 Å². The predicted octanol–water partition coefficient (Wildman–Crippen LogP) is 2.19. The number of ether oxygens (including phenoxy) is 1. The number of carbonyl (C=O) groups excluding carboxylic acids is 1. The Morgan fingerprint density at radius 1 is 1.15 bits per heavy atom. The summed E-state index contributed by atoms with van der Waals surface area (Å²) in [7, 11) is 0. The van der Waals surface area contributed by atoms with Crippen molar-refractivity contribution in [3.63, 3.8) is 0 Å². The molecule has 1 heterocycles. The number of nitrogens with one attached hydrogen (secondary N) is 1. The summed E-state index contributed by atoms with van der Waals surface area (Å²) >= 11 is 0. The Morgan fingerprint density at radius 3 is 2.20 bits per heavy atom. The molecule has 1 N–H and O–H groups in total. The molecule has 118 valence electrons. The monoisotopic (exact) mass is 288 g/mol. The lowest BCUT2D eigenvalue weighted by Crippen LogP contribution is -2.30. The van der Waals surface area contributed by atoms with E-state index < -0.39 is 11.5 Å². The molecule has 6 nitrogen and oxygen atoms in total. The number of carbonyl (C=O) groups is 1. The Kier molecular flexibility index (Phi) is 13.7. The lowest BCUT2D eigenvalue weighted by atomic mass is 10.1. The minimum Gasteiger partial charge on any atom is -0.379 e. The number of morpholine rings is 1. The third-order valence-corrected chi connectivity index (χ3v) is 2.96. The molecular weight excluding hydrogens is 260 g/mol. The van der Waals surface area contributed by atoms with Crippen LogP contribution in [0.1, 0.15) is 51.9 Å². The van der Waals surface area contributed by atoms with E-state index in [2.05, 4.69) is 12.2 Å². The first-order valence-corrected chi connectivity index (χ1v) is 7.58. The summed E-state index contributed by atoms with van der Waals surface area (Å²) in [6.45, 7) is 5.48. The number of hydrogen-bond acceptors (Lipinski definition) is 5. The first-order valence-electron chi connectivity index (χ1n) is 7.58. The molecule has 0 aromatic heterocycles. The second-order valence-corrected chi connectivity index (χ2v) is 4.91. The molecule has 0 amide bonds. The summed E-state index contributed by atoms with van der Waals surface area (Å²) in [6.07, 6.45) is 6.98. The van der Waals surface area contributed by atoms with Crippen LogP contribution >= 0.6 is 0 Å². The van der Waals surface area contributed by atoms with Crippen molar-refractivity contribution in [1.29, 1.82) is 0 Å². The van der Waals surface area contributed by atoms with Crippen molar-refractivity contribution >= 4 is 5.78 Å². The Balaban J connectivity index is 0.000000493. The highest BCUT2D eigenvalue weighted by Crippen LogP contribution is 2.06. The molecule has 0 atom stereocenters. The van der Waals surface area contributed by atoms with Gasteiger partial charge >= 0.3 is 0 Å². The Morgan fingerprint density at radius 2 is 1.75 bits per heavy atom. The molecule has 0 aromatic carbocycles. The van der Waals surface area contributed by atoms with E-state index in [1.807, 2.05) is 0 Å². The molecule has 0 aliphatic carbocycles. The Bertz CT molecular complexity index is 244. The fourth-order valence-corrected chi connectivity index (χ4v) is 1.84. The summed E-state index contributed by atoms with van der Waals surface area (Å²) in [5.74, 6) is -0.245. The molecule has 20 heavy (non-hydrogen) atoms. The number of Topliss-reactive ketones (excluding diaryl/α,β-unsaturated/α-hetero) is 1. The summed E-state index contributed by atoms with van der Waals surface area (Å²) in [5, 5.41) is 13.1. The van der Waals surface area contributed by atoms with E-state index in [0.29, 0.717) is 6.42 Å². The fourth-order valence-electron chi connectivity index (χ4n) is 1.84. The van der Waals surface area contributed by atoms with E-state index in [4.69, 9.17) is 4.74 Å². The molecular formula is C14H28N2O4. The maximum absolute atomic E-state index is 10.9. The highest BCUT2D eigenvalue weighted by atomic mass is 16.6. The number of unbranched alkanes of at least 4 members (excludes halogenated alkanes) is 5. The van der Waals surface area contributed by atoms with E-state index >= 15 is 0 Å². The van der Waals surface area contributed by atoms with Crippen LogP contribution in [0, 0.1) is 10.1 Å². The summed E-state index contributed by atoms with van der Waals surface area (Å²) < 4.78 is 5.01. The second kappa shape index (κ2) is 14.4. The van der Waals surface area contributed by atoms with Crippen LogP contribution in [-0.4, -0.2) is 43.6 Å². The molecule has 0 saturated carbocycles. The average molecular weight is 288 g/mol. The minimum atomic E-state index is -0.556. The van der Waals surface area contributed by atoms with Gasteiger partial charge in [-0.1, -0.05) is 39.0 Å². The average Bonchev–Trinajstić information content (AvgIpc) is 2.44. The third kappa shape index (κ3) is 15.0. The molecule has 1 aliphatic heterocycles. The van der Waals surface area contributed by atoms with Crippen LogP contribution < -0.4 is 5.32 Å². The van der Waals surface area contributed by atoms with Gasteiger partial charge in [-0.15, -0.1) is 0 Å². The van der Waals surface area contributed by atoms with Gasteiger partial charge in [0, 0.05) is 24.4 Å². The Labute approximate surface area is 121 Å². The zero-order valence-corrected chi connectivity index (χ0v) is 12.6. The van der Waals surface area contributed by atoms with Crippen LogP contribution in [0.4, 0.5) is 0 Å². The summed E-state index contributed by atoms with van der Waals surface area (Å²) in [5.41, 5.74) is 0. The Hall–Kier alpha value is -1.01. The topological polar surface area (TPSA) is 81.5 Å². The van der Waals surface area contributed by atoms with Crippen molar-refractivity contribution in [2.24, 2.45) is 0 Å². The first kappa shape index (κ1) is 19.0. The van der Waals surface area contributed by atoms with Gasteiger partial charge in [0.05, 0.1) is 13.2 Å². The maximum Gasteiger partial charge on any atom is 0.261 e. The lowest BCUT2D eigenvalue weighted by molar-refractivity contribution is -0.467. The van der Waals surface area contributed by atoms with Gasteiger partial charge in [-0.3, -0.25) is 14.9 Å². The van der Waals surface area contributed by atoms with Crippen molar-refractivity contribution < 1.29 is 14.5 Å². The number of ketones is 1. The molecule has 0 unspecified atom stereocenters. The van der Waals surface area contributed by atoms with Crippen LogP contribution in [0.3, 0.4) is 0 Å². The predicted molar refractivity (Wildman–Crippen MR) is 78.6 cm³/mol. The fraction of sp³-hybridized carbons (Fsp3) is 0.929. The number of nitrogens with zero attached hydrogens (tertiary/aromatic N) is 1. The van der Waals surface area contributed by atoms with Gasteiger partial charge in [-0.05, 0) is 6.42 Å². The molecule has 0 bridgehead atoms. The number of rotatable bonds is 9. The van der Waals surface area contributed by atoms with E-state index in [-0.39, 0.29) is 5.78 Å². The second-order valence-electron chi connectivity index (χ2n) is 4.91. The lowest BCUT2D eigenvalue weighted by Gasteiger charge is -2.10. The van der Waals surface area contributed by atoms with Crippen LogP contribution in [0.5, 0.6) is 0 Å². The van der Waals surface area contributed by atoms with Gasteiger partial charge in [-0.2, -0.15) is 0 Å². The van der Waals surface area contributed by atoms with E-state index in [9.17, 15) is 14.9 Å². The highest BCUT2D eigenvalue weighted by molar-refractivity contribution is 5.79. The summed E-state index contributed by atoms with van der Waals surface area (Å²) in [4.78, 5) is 20.3. The first-order chi connectivity index (χ1) is 9.66. The SMILES string of the molecule is C1COCCN1.CCCCCCCCC(=O)C[N+](=O)[O-]. The zero-order valence-electron chi connectivity index (χ0n) is 12.6. The largest absolute Gasteiger partial charge is 0.379 e. The molecule has 6 heteroatoms. The molecule has 1 rings (SSSR count). The molecule has 0 spiro atoms. The van der Waals surface area contributed by atoms with Gasteiger partial charge < -0.3 is 10.1 Å². The van der Waals surface area contributed by atoms with Gasteiger partial charge in [-0.25, -0.2) is 0 Å². The molecule has 0 radical (unpaired) electrons. The molecule has 1 aliphatic rings. The van der Waals surface area contributed by atoms with Crippen molar-refractivity contribution in [3.05, 3.63) is 10.1 Å². The van der Waals surface area contributed by atoms with Crippen LogP contribution in [0.25, 0.3) is 0 Å². The van der Waals surface area contributed by atoms with E-state index in [1.54, 1.807) is 0 Å². The van der Waals surface area contributed by atoms with Gasteiger partial charge in [0.15, 0.2) is 0 Å². The molecule has 1 fully saturated rings. The van der Waals surface area contributed by atoms with Crippen molar-refractivity contribution in [3.8, 4) is 0 Å². The highest BCUT2D eigenvalue weighted by Gasteiger charge is 2.08. The van der Waals surface area contributed by atoms with Crippen LogP contribution in [0.15, 0.2) is 0 Å². The van der Waals surface area contributed by atoms with E-state index in [0.717, 1.165) is 45.6 Å². The molecule has 0 aromatic rings. The summed E-state index contributed by atoms with van der Waals surface area (Å²) in [6, 6.07) is 0.